The maximum Gasteiger partial charge on any atom is 0.354 e. The molecule has 1 N–H and O–H groups in total. The largest absolute Gasteiger partial charge is 0.495 e. The molecule has 0 spiro atoms. The smallest absolute Gasteiger partial charge is 0.354 e. The van der Waals surface area contributed by atoms with Gasteiger partial charge in [-0.3, -0.25) is 4.79 Å². The summed E-state index contributed by atoms with van der Waals surface area (Å²) in [6.45, 7) is 2.00. The number of carbonyl (C=O) groups excluding carboxylic acids is 2. The van der Waals surface area contributed by atoms with Gasteiger partial charge in [0.15, 0.2) is 0 Å². The molecule has 1 saturated heterocycles. The first-order chi connectivity index (χ1) is 15.6. The van der Waals surface area contributed by atoms with Crippen molar-refractivity contribution in [1.29, 1.82) is 0 Å². The summed E-state index contributed by atoms with van der Waals surface area (Å²) < 4.78 is 44.6. The van der Waals surface area contributed by atoms with E-state index in [-0.39, 0.29) is 28.8 Å². The number of nitrogens with one attached hydrogen (secondary N) is 1. The van der Waals surface area contributed by atoms with Crippen molar-refractivity contribution in [2.75, 3.05) is 32.7 Å². The summed E-state index contributed by atoms with van der Waals surface area (Å²) in [7, 11) is 0.399. The van der Waals surface area contributed by atoms with E-state index < -0.39 is 27.9 Å². The van der Waals surface area contributed by atoms with E-state index in [4.69, 9.17) is 25.8 Å². The molecule has 180 valence electrons. The predicted octanol–water partition coefficient (Wildman–Crippen LogP) is 2.66. The Balaban J connectivity index is 1.86. The van der Waals surface area contributed by atoms with Gasteiger partial charge in [0.25, 0.3) is 0 Å². The fourth-order valence-electron chi connectivity index (χ4n) is 3.68. The molecular weight excluding hydrogens is 474 g/mol. The Morgan fingerprint density at radius 3 is 2.52 bits per heavy atom. The van der Waals surface area contributed by atoms with Crippen molar-refractivity contribution in [2.45, 2.75) is 30.7 Å². The van der Waals surface area contributed by atoms with Crippen molar-refractivity contribution in [3.8, 4) is 11.5 Å². The second kappa shape index (κ2) is 10.0. The summed E-state index contributed by atoms with van der Waals surface area (Å²) in [4.78, 5) is 25.1. The third-order valence-electron chi connectivity index (χ3n) is 5.31. The summed E-state index contributed by atoms with van der Waals surface area (Å²) in [5, 5.41) is 2.98. The molecule has 3 rings (SSSR count). The van der Waals surface area contributed by atoms with Crippen molar-refractivity contribution in [3.63, 3.8) is 0 Å². The van der Waals surface area contributed by atoms with Crippen molar-refractivity contribution in [3.05, 3.63) is 35.1 Å². The molecule has 0 aliphatic carbocycles. The van der Waals surface area contributed by atoms with Gasteiger partial charge in [0.05, 0.1) is 31.5 Å². The van der Waals surface area contributed by atoms with Crippen molar-refractivity contribution in [2.24, 2.45) is 7.05 Å². The number of anilines is 1. The fourth-order valence-corrected chi connectivity index (χ4v) is 5.65. The zero-order chi connectivity index (χ0) is 24.3. The maximum atomic E-state index is 13.3. The number of aromatic nitrogens is 1. The molecule has 12 heteroatoms. The number of esters is 1. The number of halogens is 1. The van der Waals surface area contributed by atoms with E-state index in [9.17, 15) is 18.0 Å². The van der Waals surface area contributed by atoms with E-state index in [1.807, 2.05) is 0 Å². The van der Waals surface area contributed by atoms with Crippen LogP contribution in [0.15, 0.2) is 29.3 Å². The molecule has 0 radical (unpaired) electrons. The highest BCUT2D eigenvalue weighted by atomic mass is 35.5. The topological polar surface area (TPSA) is 116 Å². The summed E-state index contributed by atoms with van der Waals surface area (Å²) in [6, 6.07) is 3.33. The molecule has 1 fully saturated rings. The lowest BCUT2D eigenvalue weighted by Gasteiger charge is -2.23. The van der Waals surface area contributed by atoms with Crippen LogP contribution in [-0.4, -0.2) is 62.6 Å². The van der Waals surface area contributed by atoms with Gasteiger partial charge in [0.2, 0.25) is 15.9 Å². The van der Waals surface area contributed by atoms with E-state index in [0.717, 1.165) is 4.31 Å². The number of nitrogens with zero attached hydrogens (tertiary/aromatic N) is 2. The molecule has 1 atom stereocenters. The van der Waals surface area contributed by atoms with Gasteiger partial charge in [-0.15, -0.1) is 0 Å². The molecule has 1 aromatic carbocycles. The molecule has 2 heterocycles. The number of ether oxygens (including phenoxy) is 3. The zero-order valence-corrected chi connectivity index (χ0v) is 20.3. The van der Waals surface area contributed by atoms with E-state index in [1.165, 1.54) is 43.2 Å². The first-order valence-corrected chi connectivity index (χ1v) is 12.0. The Kier molecular flexibility index (Phi) is 7.55. The summed E-state index contributed by atoms with van der Waals surface area (Å²) in [6.07, 6.45) is 2.19. The molecule has 1 unspecified atom stereocenters. The normalized spacial score (nSPS) is 16.5. The monoisotopic (exact) mass is 499 g/mol. The first kappa shape index (κ1) is 24.9. The van der Waals surface area contributed by atoms with Gasteiger partial charge in [-0.2, -0.15) is 4.31 Å². The maximum absolute atomic E-state index is 13.3. The number of carbonyl (C=O) groups is 2. The number of methoxy groups -OCH3 is 2. The Morgan fingerprint density at radius 2 is 1.88 bits per heavy atom. The van der Waals surface area contributed by atoms with E-state index >= 15 is 0 Å². The van der Waals surface area contributed by atoms with Gasteiger partial charge < -0.3 is 24.1 Å². The molecule has 1 aliphatic rings. The Labute approximate surface area is 197 Å². The van der Waals surface area contributed by atoms with Gasteiger partial charge in [0.1, 0.15) is 28.1 Å². The minimum atomic E-state index is -4.04. The molecule has 0 saturated carbocycles. The van der Waals surface area contributed by atoms with Crippen LogP contribution >= 0.6 is 11.6 Å². The number of sulfonamides is 1. The Bertz CT molecular complexity index is 1160. The molecule has 1 aliphatic heterocycles. The highest BCUT2D eigenvalue weighted by Crippen LogP contribution is 2.36. The number of amides is 1. The van der Waals surface area contributed by atoms with Crippen LogP contribution < -0.4 is 14.8 Å². The fraction of sp³-hybridized carbons (Fsp3) is 0.429. The summed E-state index contributed by atoms with van der Waals surface area (Å²) in [5.41, 5.74) is 0.398. The quantitative estimate of drug-likeness (QED) is 0.555. The van der Waals surface area contributed by atoms with Crippen LogP contribution in [0.1, 0.15) is 30.3 Å². The second-order valence-electron chi connectivity index (χ2n) is 7.34. The molecule has 0 bridgehead atoms. The molecule has 33 heavy (non-hydrogen) atoms. The van der Waals surface area contributed by atoms with Gasteiger partial charge >= 0.3 is 5.97 Å². The molecule has 10 nitrogen and oxygen atoms in total. The first-order valence-electron chi connectivity index (χ1n) is 10.2. The molecule has 1 amide bonds. The predicted molar refractivity (Wildman–Crippen MR) is 121 cm³/mol. The molecular formula is C21H26ClN3O7S. The number of rotatable bonds is 8. The SMILES string of the molecule is CCOC(=O)c1cc(S(=O)(=O)N2CCCC2C(=O)Nc2cc(Cl)c(OC)cc2OC)cn1C. The van der Waals surface area contributed by atoms with Gasteiger partial charge in [-0.25, -0.2) is 13.2 Å². The number of aryl methyl sites for hydroxylation is 1. The lowest BCUT2D eigenvalue weighted by molar-refractivity contribution is -0.119. The van der Waals surface area contributed by atoms with Gasteiger partial charge in [0, 0.05) is 25.9 Å². The third kappa shape index (κ3) is 4.94. The van der Waals surface area contributed by atoms with Crippen LogP contribution in [0, 0.1) is 0 Å². The molecule has 2 aromatic rings. The summed E-state index contributed by atoms with van der Waals surface area (Å²) in [5.74, 6) is -0.449. The zero-order valence-electron chi connectivity index (χ0n) is 18.8. The standard InChI is InChI=1S/C21H26ClN3O7S/c1-5-32-21(27)17-9-13(12-24(17)2)33(28,29)25-8-6-7-16(25)20(26)23-15-10-14(22)18(30-3)11-19(15)31-4/h9-12,16H,5-8H2,1-4H3,(H,23,26). The van der Waals surface area contributed by atoms with Crippen LogP contribution in [0.2, 0.25) is 5.02 Å². The number of hydrogen-bond donors (Lipinski definition) is 1. The van der Waals surface area contributed by atoms with E-state index in [0.29, 0.717) is 30.0 Å². The lowest BCUT2D eigenvalue weighted by Crippen LogP contribution is -2.43. The Morgan fingerprint density at radius 1 is 1.18 bits per heavy atom. The average molecular weight is 500 g/mol. The van der Waals surface area contributed by atoms with E-state index in [1.54, 1.807) is 14.0 Å². The third-order valence-corrected chi connectivity index (χ3v) is 7.48. The minimum Gasteiger partial charge on any atom is -0.495 e. The highest BCUT2D eigenvalue weighted by Gasteiger charge is 2.40. The Hall–Kier alpha value is -2.76. The average Bonchev–Trinajstić information content (AvgIpc) is 3.42. The van der Waals surface area contributed by atoms with Crippen molar-refractivity contribution >= 4 is 39.2 Å². The van der Waals surface area contributed by atoms with E-state index in [2.05, 4.69) is 5.32 Å². The highest BCUT2D eigenvalue weighted by molar-refractivity contribution is 7.89. The second-order valence-corrected chi connectivity index (χ2v) is 9.64. The number of hydrogen-bond acceptors (Lipinski definition) is 7. The van der Waals surface area contributed by atoms with Crippen LogP contribution in [0.4, 0.5) is 5.69 Å². The van der Waals surface area contributed by atoms with Crippen LogP contribution in [0.3, 0.4) is 0 Å². The molecule has 1 aromatic heterocycles. The van der Waals surface area contributed by atoms with Gasteiger partial charge in [-0.1, -0.05) is 11.6 Å². The van der Waals surface area contributed by atoms with Crippen molar-refractivity contribution in [1.82, 2.24) is 8.87 Å². The number of benzene rings is 1. The summed E-state index contributed by atoms with van der Waals surface area (Å²) >= 11 is 6.17. The van der Waals surface area contributed by atoms with Crippen LogP contribution in [0.5, 0.6) is 11.5 Å². The van der Waals surface area contributed by atoms with Gasteiger partial charge in [-0.05, 0) is 31.9 Å². The lowest BCUT2D eigenvalue weighted by atomic mass is 10.2. The minimum absolute atomic E-state index is 0.0853. The van der Waals surface area contributed by atoms with Crippen molar-refractivity contribution < 1.29 is 32.2 Å². The van der Waals surface area contributed by atoms with Crippen LogP contribution in [-0.2, 0) is 26.6 Å². The van der Waals surface area contributed by atoms with Crippen LogP contribution in [0.25, 0.3) is 0 Å².